The second kappa shape index (κ2) is 8.67. The van der Waals surface area contributed by atoms with E-state index < -0.39 is 10.0 Å². The number of hydrogen-bond acceptors (Lipinski definition) is 5. The summed E-state index contributed by atoms with van der Waals surface area (Å²) in [5, 5.41) is 0. The van der Waals surface area contributed by atoms with Crippen LogP contribution < -0.4 is 0 Å². The highest BCUT2D eigenvalue weighted by Gasteiger charge is 2.32. The molecule has 1 aromatic carbocycles. The maximum absolute atomic E-state index is 12.7. The Morgan fingerprint density at radius 3 is 2.76 bits per heavy atom. The average Bonchev–Trinajstić information content (AvgIpc) is 3.19. The van der Waals surface area contributed by atoms with Gasteiger partial charge in [0.1, 0.15) is 5.76 Å². The molecule has 2 aromatic rings. The van der Waals surface area contributed by atoms with Crippen molar-refractivity contribution >= 4 is 15.9 Å². The summed E-state index contributed by atoms with van der Waals surface area (Å²) in [6, 6.07) is 10.1. The third-order valence-corrected chi connectivity index (χ3v) is 7.58. The summed E-state index contributed by atoms with van der Waals surface area (Å²) in [5.74, 6) is 1.54. The molecule has 0 radical (unpaired) electrons. The summed E-state index contributed by atoms with van der Waals surface area (Å²) in [6.45, 7) is 1.56. The summed E-state index contributed by atoms with van der Waals surface area (Å²) in [6.07, 6.45) is 5.72. The zero-order valence-electron chi connectivity index (χ0n) is 16.5. The van der Waals surface area contributed by atoms with Crippen molar-refractivity contribution in [2.75, 3.05) is 31.9 Å². The second-order valence-corrected chi connectivity index (χ2v) is 9.95. The van der Waals surface area contributed by atoms with Gasteiger partial charge >= 0.3 is 0 Å². The van der Waals surface area contributed by atoms with Crippen LogP contribution >= 0.6 is 0 Å². The summed E-state index contributed by atoms with van der Waals surface area (Å²) < 4.78 is 31.7. The molecule has 1 aromatic heterocycles. The smallest absolute Gasteiger partial charge is 0.237 e. The SMILES string of the molecule is O=C(CN1CCCCS1(=O)=O)N1CCC[C@@H](c2ncc(Cc3ccccc3)o2)C1. The molecule has 4 rings (SSSR count). The van der Waals surface area contributed by atoms with Gasteiger partial charge in [-0.3, -0.25) is 4.79 Å². The fraction of sp³-hybridized carbons (Fsp3) is 0.524. The predicted molar refractivity (Wildman–Crippen MR) is 109 cm³/mol. The van der Waals surface area contributed by atoms with Crippen LogP contribution in [0.3, 0.4) is 0 Å². The van der Waals surface area contributed by atoms with Crippen LogP contribution in [0.4, 0.5) is 0 Å². The van der Waals surface area contributed by atoms with E-state index in [1.807, 2.05) is 18.2 Å². The molecule has 0 bridgehead atoms. The summed E-state index contributed by atoms with van der Waals surface area (Å²) in [7, 11) is -3.29. The molecule has 2 aliphatic rings. The number of amides is 1. The number of carbonyl (C=O) groups excluding carboxylic acids is 1. The van der Waals surface area contributed by atoms with E-state index in [1.54, 1.807) is 11.1 Å². The van der Waals surface area contributed by atoms with E-state index in [2.05, 4.69) is 17.1 Å². The number of rotatable bonds is 5. The van der Waals surface area contributed by atoms with Crippen molar-refractivity contribution in [2.45, 2.75) is 38.0 Å². The van der Waals surface area contributed by atoms with Crippen LogP contribution in [0.2, 0.25) is 0 Å². The Balaban J connectivity index is 1.37. The van der Waals surface area contributed by atoms with Gasteiger partial charge in [-0.05, 0) is 31.2 Å². The first-order chi connectivity index (χ1) is 14.0. The molecule has 7 nitrogen and oxygen atoms in total. The van der Waals surface area contributed by atoms with E-state index in [-0.39, 0.29) is 24.1 Å². The second-order valence-electron chi connectivity index (χ2n) is 7.86. The molecule has 29 heavy (non-hydrogen) atoms. The van der Waals surface area contributed by atoms with Crippen molar-refractivity contribution in [3.05, 3.63) is 53.7 Å². The lowest BCUT2D eigenvalue weighted by molar-refractivity contribution is -0.132. The van der Waals surface area contributed by atoms with Gasteiger partial charge in [0.25, 0.3) is 0 Å². The van der Waals surface area contributed by atoms with Crippen LogP contribution in [0.25, 0.3) is 0 Å². The number of nitrogens with zero attached hydrogens (tertiary/aromatic N) is 3. The van der Waals surface area contributed by atoms with Gasteiger partial charge in [-0.2, -0.15) is 4.31 Å². The van der Waals surface area contributed by atoms with E-state index >= 15 is 0 Å². The minimum absolute atomic E-state index is 0.0511. The van der Waals surface area contributed by atoms with Gasteiger partial charge in [0.15, 0.2) is 5.89 Å². The summed E-state index contributed by atoms with van der Waals surface area (Å²) in [5.41, 5.74) is 1.17. The lowest BCUT2D eigenvalue weighted by atomic mass is 9.98. The molecule has 0 aliphatic carbocycles. The van der Waals surface area contributed by atoms with Crippen LogP contribution in [0.5, 0.6) is 0 Å². The summed E-state index contributed by atoms with van der Waals surface area (Å²) >= 11 is 0. The molecule has 2 aliphatic heterocycles. The average molecular weight is 418 g/mol. The molecule has 0 spiro atoms. The number of piperidine rings is 1. The van der Waals surface area contributed by atoms with Crippen molar-refractivity contribution in [2.24, 2.45) is 0 Å². The molecule has 0 saturated carbocycles. The Kier molecular flexibility index (Phi) is 6.01. The molecule has 156 valence electrons. The minimum atomic E-state index is -3.29. The van der Waals surface area contributed by atoms with Crippen molar-refractivity contribution in [3.8, 4) is 0 Å². The fourth-order valence-electron chi connectivity index (χ4n) is 4.06. The van der Waals surface area contributed by atoms with Crippen LogP contribution in [0, 0.1) is 0 Å². The first kappa shape index (κ1) is 20.1. The Morgan fingerprint density at radius 1 is 1.14 bits per heavy atom. The van der Waals surface area contributed by atoms with Gasteiger partial charge in [-0.25, -0.2) is 13.4 Å². The molecule has 0 N–H and O–H groups in total. The standard InChI is InChI=1S/C21H27N3O4S/c25-20(16-24-11-4-5-12-29(24,26)27)23-10-6-9-18(15-23)21-22-14-19(28-21)13-17-7-2-1-3-8-17/h1-3,7-8,14,18H,4-6,9-13,15-16H2/t18-/m1/s1. The molecular weight excluding hydrogens is 390 g/mol. The highest BCUT2D eigenvalue weighted by molar-refractivity contribution is 7.89. The Morgan fingerprint density at radius 2 is 1.97 bits per heavy atom. The van der Waals surface area contributed by atoms with Crippen molar-refractivity contribution in [1.82, 2.24) is 14.2 Å². The molecule has 0 unspecified atom stereocenters. The van der Waals surface area contributed by atoms with E-state index in [0.717, 1.165) is 25.0 Å². The van der Waals surface area contributed by atoms with E-state index in [0.29, 0.717) is 38.4 Å². The molecule has 2 saturated heterocycles. The molecule has 8 heteroatoms. The first-order valence-corrected chi connectivity index (χ1v) is 11.9. The fourth-order valence-corrected chi connectivity index (χ4v) is 5.61. The molecule has 1 amide bonds. The number of benzene rings is 1. The van der Waals surface area contributed by atoms with E-state index in [1.165, 1.54) is 9.87 Å². The van der Waals surface area contributed by atoms with Crippen LogP contribution in [0.1, 0.15) is 48.8 Å². The largest absolute Gasteiger partial charge is 0.445 e. The predicted octanol–water partition coefficient (Wildman–Crippen LogP) is 2.40. The van der Waals surface area contributed by atoms with Gasteiger partial charge in [0.2, 0.25) is 15.9 Å². The number of oxazole rings is 1. The highest BCUT2D eigenvalue weighted by atomic mass is 32.2. The zero-order valence-corrected chi connectivity index (χ0v) is 17.3. The van der Waals surface area contributed by atoms with Gasteiger partial charge in [-0.15, -0.1) is 0 Å². The molecular formula is C21H27N3O4S. The number of likely N-dealkylation sites (tertiary alicyclic amines) is 1. The molecule has 3 heterocycles. The maximum Gasteiger partial charge on any atom is 0.237 e. The van der Waals surface area contributed by atoms with E-state index in [4.69, 9.17) is 4.42 Å². The normalized spacial score (nSPS) is 22.5. The third kappa shape index (κ3) is 4.87. The van der Waals surface area contributed by atoms with Crippen LogP contribution in [-0.2, 0) is 21.2 Å². The molecule has 1 atom stereocenters. The van der Waals surface area contributed by atoms with Crippen molar-refractivity contribution in [1.29, 1.82) is 0 Å². The number of carbonyl (C=O) groups is 1. The third-order valence-electron chi connectivity index (χ3n) is 5.68. The van der Waals surface area contributed by atoms with Crippen molar-refractivity contribution in [3.63, 3.8) is 0 Å². The van der Waals surface area contributed by atoms with Crippen LogP contribution in [-0.4, -0.2) is 60.4 Å². The topological polar surface area (TPSA) is 83.7 Å². The lowest BCUT2D eigenvalue weighted by Gasteiger charge is -2.33. The number of hydrogen-bond donors (Lipinski definition) is 0. The quantitative estimate of drug-likeness (QED) is 0.746. The number of sulfonamides is 1. The van der Waals surface area contributed by atoms with E-state index in [9.17, 15) is 13.2 Å². The lowest BCUT2D eigenvalue weighted by Crippen LogP contribution is -2.48. The van der Waals surface area contributed by atoms with Crippen molar-refractivity contribution < 1.29 is 17.6 Å². The monoisotopic (exact) mass is 417 g/mol. The van der Waals surface area contributed by atoms with Gasteiger partial charge < -0.3 is 9.32 Å². The minimum Gasteiger partial charge on any atom is -0.445 e. The summed E-state index contributed by atoms with van der Waals surface area (Å²) in [4.78, 5) is 19.0. The Hall–Kier alpha value is -2.19. The Bertz CT molecular complexity index is 942. The van der Waals surface area contributed by atoms with Gasteiger partial charge in [0, 0.05) is 26.1 Å². The van der Waals surface area contributed by atoms with Crippen LogP contribution in [0.15, 0.2) is 40.9 Å². The zero-order chi connectivity index (χ0) is 20.3. The number of aromatic nitrogens is 1. The maximum atomic E-state index is 12.7. The Labute approximate surface area is 171 Å². The van der Waals surface area contributed by atoms with Gasteiger partial charge in [0.05, 0.1) is 24.4 Å². The first-order valence-electron chi connectivity index (χ1n) is 10.3. The molecule has 2 fully saturated rings. The van der Waals surface area contributed by atoms with Gasteiger partial charge in [-0.1, -0.05) is 30.3 Å². The highest BCUT2D eigenvalue weighted by Crippen LogP contribution is 2.27.